The maximum absolute atomic E-state index is 11.8. The van der Waals surface area contributed by atoms with Crippen molar-refractivity contribution in [3.63, 3.8) is 0 Å². The van der Waals surface area contributed by atoms with Gasteiger partial charge in [0.2, 0.25) is 5.95 Å². The summed E-state index contributed by atoms with van der Waals surface area (Å²) in [6.07, 6.45) is 1.30. The van der Waals surface area contributed by atoms with Crippen LogP contribution in [0.1, 0.15) is 15.9 Å². The monoisotopic (exact) mass is 275 g/mol. The molecule has 0 saturated heterocycles. The number of carboxylic acids is 1. The first-order valence-electron chi connectivity index (χ1n) is 5.73. The van der Waals surface area contributed by atoms with Gasteiger partial charge in [-0.05, 0) is 19.1 Å². The van der Waals surface area contributed by atoms with Gasteiger partial charge in [0.05, 0.1) is 11.3 Å². The average molecular weight is 275 g/mol. The number of hydrogen-bond acceptors (Lipinski definition) is 4. The Morgan fingerprint density at radius 3 is 2.65 bits per heavy atom. The molecule has 1 aromatic carbocycles. The van der Waals surface area contributed by atoms with E-state index in [4.69, 9.17) is 5.11 Å². The number of carbonyl (C=O) groups excluding carboxylic acids is 1. The van der Waals surface area contributed by atoms with E-state index in [1.54, 1.807) is 20.0 Å². The van der Waals surface area contributed by atoms with E-state index in [0.717, 1.165) is 5.56 Å². The van der Waals surface area contributed by atoms with Crippen molar-refractivity contribution in [1.82, 2.24) is 14.8 Å². The predicted molar refractivity (Wildman–Crippen MR) is 71.8 cm³/mol. The van der Waals surface area contributed by atoms with Crippen LogP contribution in [-0.4, -0.2) is 31.9 Å². The molecule has 0 bridgehead atoms. The van der Waals surface area contributed by atoms with Gasteiger partial charge < -0.3 is 10.4 Å². The normalized spacial score (nSPS) is 10.1. The molecular formula is C12H13N5O3. The Hall–Kier alpha value is -2.90. The quantitative estimate of drug-likeness (QED) is 0.785. The topological polar surface area (TPSA) is 109 Å². The summed E-state index contributed by atoms with van der Waals surface area (Å²) in [4.78, 5) is 26.8. The zero-order valence-electron chi connectivity index (χ0n) is 10.9. The Balaban J connectivity index is 2.16. The van der Waals surface area contributed by atoms with Crippen LogP contribution in [-0.2, 0) is 7.05 Å². The lowest BCUT2D eigenvalue weighted by molar-refractivity contribution is 0.0698. The number of aromatic carboxylic acids is 1. The third-order valence-corrected chi connectivity index (χ3v) is 2.59. The summed E-state index contributed by atoms with van der Waals surface area (Å²) in [7, 11) is 1.62. The summed E-state index contributed by atoms with van der Waals surface area (Å²) in [5.74, 6) is -0.853. The fraction of sp³-hybridized carbons (Fsp3) is 0.167. The SMILES string of the molecule is Cc1ccc(NC(=O)Nc2ncnn2C)c(C(=O)O)c1. The molecule has 8 heteroatoms. The number of nitrogens with one attached hydrogen (secondary N) is 2. The molecule has 0 aliphatic carbocycles. The molecule has 104 valence electrons. The standard InChI is InChI=1S/C12H13N5O3/c1-7-3-4-9(8(5-7)10(18)19)15-12(20)16-11-13-6-14-17(11)2/h3-6H,1-2H3,(H,18,19)(H2,13,14,15,16,20). The number of aryl methyl sites for hydroxylation is 2. The van der Waals surface area contributed by atoms with Crippen molar-refractivity contribution in [3.8, 4) is 0 Å². The number of urea groups is 1. The average Bonchev–Trinajstić information content (AvgIpc) is 2.77. The van der Waals surface area contributed by atoms with Crippen molar-refractivity contribution < 1.29 is 14.7 Å². The number of aromatic nitrogens is 3. The van der Waals surface area contributed by atoms with Crippen LogP contribution in [0.4, 0.5) is 16.4 Å². The smallest absolute Gasteiger partial charge is 0.337 e. The van der Waals surface area contributed by atoms with Crippen LogP contribution < -0.4 is 10.6 Å². The molecule has 3 N–H and O–H groups in total. The minimum Gasteiger partial charge on any atom is -0.478 e. The number of carbonyl (C=O) groups is 2. The van der Waals surface area contributed by atoms with Crippen molar-refractivity contribution in [3.05, 3.63) is 35.7 Å². The van der Waals surface area contributed by atoms with E-state index < -0.39 is 12.0 Å². The van der Waals surface area contributed by atoms with Gasteiger partial charge in [-0.2, -0.15) is 10.1 Å². The van der Waals surface area contributed by atoms with Gasteiger partial charge in [0.15, 0.2) is 0 Å². The molecule has 20 heavy (non-hydrogen) atoms. The minimum absolute atomic E-state index is 0.0260. The van der Waals surface area contributed by atoms with E-state index in [1.165, 1.54) is 23.1 Å². The van der Waals surface area contributed by atoms with E-state index >= 15 is 0 Å². The summed E-state index contributed by atoms with van der Waals surface area (Å²) < 4.78 is 1.38. The van der Waals surface area contributed by atoms with E-state index in [-0.39, 0.29) is 17.2 Å². The first-order chi connectivity index (χ1) is 9.47. The Morgan fingerprint density at radius 1 is 1.30 bits per heavy atom. The third-order valence-electron chi connectivity index (χ3n) is 2.59. The zero-order valence-corrected chi connectivity index (χ0v) is 10.9. The lowest BCUT2D eigenvalue weighted by Gasteiger charge is -2.10. The maximum atomic E-state index is 11.8. The fourth-order valence-corrected chi connectivity index (χ4v) is 1.61. The first-order valence-corrected chi connectivity index (χ1v) is 5.73. The van der Waals surface area contributed by atoms with Crippen molar-refractivity contribution in [2.75, 3.05) is 10.6 Å². The predicted octanol–water partition coefficient (Wildman–Crippen LogP) is 1.47. The number of hydrogen-bond donors (Lipinski definition) is 3. The summed E-state index contributed by atoms with van der Waals surface area (Å²) >= 11 is 0. The number of nitrogens with zero attached hydrogens (tertiary/aromatic N) is 3. The minimum atomic E-state index is -1.11. The van der Waals surface area contributed by atoms with E-state index in [2.05, 4.69) is 20.7 Å². The van der Waals surface area contributed by atoms with Crippen molar-refractivity contribution in [1.29, 1.82) is 0 Å². The van der Waals surface area contributed by atoms with Crippen LogP contribution in [0.15, 0.2) is 24.5 Å². The molecule has 8 nitrogen and oxygen atoms in total. The lowest BCUT2D eigenvalue weighted by atomic mass is 10.1. The summed E-state index contributed by atoms with van der Waals surface area (Å²) in [6.45, 7) is 1.77. The van der Waals surface area contributed by atoms with Crippen LogP contribution in [0.5, 0.6) is 0 Å². The zero-order chi connectivity index (χ0) is 14.7. The van der Waals surface area contributed by atoms with Gasteiger partial charge in [-0.3, -0.25) is 5.32 Å². The molecule has 0 saturated carbocycles. The summed E-state index contributed by atoms with van der Waals surface area (Å²) in [5, 5.41) is 17.8. The maximum Gasteiger partial charge on any atom is 0.337 e. The van der Waals surface area contributed by atoms with Crippen LogP contribution in [0.25, 0.3) is 0 Å². The van der Waals surface area contributed by atoms with Crippen LogP contribution >= 0.6 is 0 Å². The summed E-state index contributed by atoms with van der Waals surface area (Å²) in [5.41, 5.74) is 1.03. The van der Waals surface area contributed by atoms with Crippen LogP contribution in [0, 0.1) is 6.92 Å². The molecule has 2 rings (SSSR count). The molecule has 0 aliphatic rings. The molecule has 0 fully saturated rings. The number of rotatable bonds is 3. The van der Waals surface area contributed by atoms with Crippen molar-refractivity contribution in [2.24, 2.45) is 7.05 Å². The van der Waals surface area contributed by atoms with Crippen LogP contribution in [0.3, 0.4) is 0 Å². The number of anilines is 2. The van der Waals surface area contributed by atoms with Gasteiger partial charge in [0.25, 0.3) is 0 Å². The lowest BCUT2D eigenvalue weighted by Crippen LogP contribution is -2.23. The summed E-state index contributed by atoms with van der Waals surface area (Å²) in [6, 6.07) is 4.15. The molecule has 0 spiro atoms. The second-order valence-corrected chi connectivity index (χ2v) is 4.14. The first kappa shape index (κ1) is 13.5. The van der Waals surface area contributed by atoms with Gasteiger partial charge in [-0.15, -0.1) is 0 Å². The van der Waals surface area contributed by atoms with E-state index in [9.17, 15) is 9.59 Å². The number of benzene rings is 1. The Labute approximate surface area is 114 Å². The highest BCUT2D eigenvalue weighted by Crippen LogP contribution is 2.17. The van der Waals surface area contributed by atoms with Crippen molar-refractivity contribution in [2.45, 2.75) is 6.92 Å². The highest BCUT2D eigenvalue weighted by Gasteiger charge is 2.13. The van der Waals surface area contributed by atoms with Crippen molar-refractivity contribution >= 4 is 23.6 Å². The molecular weight excluding hydrogens is 262 g/mol. The highest BCUT2D eigenvalue weighted by molar-refractivity contribution is 6.04. The molecule has 0 unspecified atom stereocenters. The molecule has 0 radical (unpaired) electrons. The van der Waals surface area contributed by atoms with Gasteiger partial charge in [-0.25, -0.2) is 14.3 Å². The Bertz CT molecular complexity index is 665. The van der Waals surface area contributed by atoms with Gasteiger partial charge in [0, 0.05) is 7.05 Å². The fourth-order valence-electron chi connectivity index (χ4n) is 1.61. The van der Waals surface area contributed by atoms with E-state index in [1.807, 2.05) is 0 Å². The largest absolute Gasteiger partial charge is 0.478 e. The molecule has 1 aromatic heterocycles. The van der Waals surface area contributed by atoms with Gasteiger partial charge in [-0.1, -0.05) is 11.6 Å². The third kappa shape index (κ3) is 2.91. The number of carboxylic acid groups (broad SMARTS) is 1. The Morgan fingerprint density at radius 2 is 2.05 bits per heavy atom. The highest BCUT2D eigenvalue weighted by atomic mass is 16.4. The van der Waals surface area contributed by atoms with E-state index in [0.29, 0.717) is 0 Å². The molecule has 0 atom stereocenters. The molecule has 2 aromatic rings. The number of amides is 2. The Kier molecular flexibility index (Phi) is 3.65. The second-order valence-electron chi connectivity index (χ2n) is 4.14. The van der Waals surface area contributed by atoms with Gasteiger partial charge >= 0.3 is 12.0 Å². The molecule has 1 heterocycles. The van der Waals surface area contributed by atoms with Gasteiger partial charge in [0.1, 0.15) is 6.33 Å². The van der Waals surface area contributed by atoms with Crippen LogP contribution in [0.2, 0.25) is 0 Å². The molecule has 0 aliphatic heterocycles. The second kappa shape index (κ2) is 5.39. The molecule has 2 amide bonds.